The van der Waals surface area contributed by atoms with Crippen LogP contribution in [0.3, 0.4) is 0 Å². The number of allylic oxidation sites excluding steroid dienone is 10. The Morgan fingerprint density at radius 1 is 0.488 bits per heavy atom. The van der Waals surface area contributed by atoms with Gasteiger partial charge in [-0.05, 0) is 35.5 Å². The first-order chi connectivity index (χ1) is 20.3. The zero-order chi connectivity index (χ0) is 28.0. The second-order valence-electron chi connectivity index (χ2n) is 9.71. The molecule has 0 amide bonds. The van der Waals surface area contributed by atoms with Crippen LogP contribution in [0.4, 0.5) is 0 Å². The molecule has 41 heavy (non-hydrogen) atoms. The van der Waals surface area contributed by atoms with Crippen molar-refractivity contribution in [3.63, 3.8) is 0 Å². The lowest BCUT2D eigenvalue weighted by atomic mass is 10.0. The number of ether oxygens (including phenoxy) is 5. The Balaban J connectivity index is 1.31. The maximum atomic E-state index is 6.32. The molecular weight excluding hydrogens is 514 g/mol. The lowest BCUT2D eigenvalue weighted by molar-refractivity contribution is -0.532. The average molecular weight is 553 g/mol. The van der Waals surface area contributed by atoms with E-state index in [1.807, 2.05) is 36.4 Å². The van der Waals surface area contributed by atoms with Gasteiger partial charge in [-0.3, -0.25) is 0 Å². The van der Waals surface area contributed by atoms with E-state index in [1.54, 1.807) is 0 Å². The second kappa shape index (κ2) is 15.8. The van der Waals surface area contributed by atoms with Crippen LogP contribution >= 0.6 is 0 Å². The van der Waals surface area contributed by atoms with E-state index in [4.69, 9.17) is 23.7 Å². The van der Waals surface area contributed by atoms with Crippen LogP contribution in [0.5, 0.6) is 0 Å². The molecule has 0 N–H and O–H groups in total. The Morgan fingerprint density at radius 3 is 1.41 bits per heavy atom. The number of rotatable bonds is 3. The number of nitrogens with zero attached hydrogens (tertiary/aromatic N) is 1. The van der Waals surface area contributed by atoms with Crippen molar-refractivity contribution >= 4 is 17.2 Å². The van der Waals surface area contributed by atoms with E-state index in [9.17, 15) is 0 Å². The van der Waals surface area contributed by atoms with Crippen molar-refractivity contribution in [2.45, 2.75) is 0 Å². The summed E-state index contributed by atoms with van der Waals surface area (Å²) in [4.78, 5) is 0. The van der Waals surface area contributed by atoms with E-state index in [2.05, 4.69) is 77.4 Å². The van der Waals surface area contributed by atoms with Crippen molar-refractivity contribution in [2.24, 2.45) is 0 Å². The molecule has 1 aliphatic carbocycles. The summed E-state index contributed by atoms with van der Waals surface area (Å²) in [5.74, 6) is 1.67. The molecule has 0 spiro atoms. The van der Waals surface area contributed by atoms with Crippen LogP contribution in [0.1, 0.15) is 11.1 Å². The van der Waals surface area contributed by atoms with Gasteiger partial charge in [-0.15, -0.1) is 0 Å². The average Bonchev–Trinajstić information content (AvgIpc) is 3.05. The fourth-order valence-corrected chi connectivity index (χ4v) is 4.58. The van der Waals surface area contributed by atoms with Crippen LogP contribution in [-0.2, 0) is 23.7 Å². The molecule has 1 saturated heterocycles. The van der Waals surface area contributed by atoms with Crippen LogP contribution in [0.2, 0.25) is 0 Å². The van der Waals surface area contributed by atoms with Crippen LogP contribution < -0.4 is 0 Å². The lowest BCUT2D eigenvalue weighted by Gasteiger charge is -2.19. The van der Waals surface area contributed by atoms with Gasteiger partial charge in [0.15, 0.2) is 18.8 Å². The summed E-state index contributed by atoms with van der Waals surface area (Å²) in [5, 5.41) is 0. The minimum Gasteiger partial charge on any atom is -0.456 e. The van der Waals surface area contributed by atoms with Crippen molar-refractivity contribution in [1.82, 2.24) is 0 Å². The summed E-state index contributed by atoms with van der Waals surface area (Å²) in [6, 6.07) is 20.4. The van der Waals surface area contributed by atoms with Crippen molar-refractivity contribution in [3.05, 3.63) is 132 Å². The van der Waals surface area contributed by atoms with Gasteiger partial charge in [0.1, 0.15) is 24.7 Å². The molecule has 2 aromatic rings. The first-order valence-electron chi connectivity index (χ1n) is 14.3. The van der Waals surface area contributed by atoms with E-state index in [0.717, 1.165) is 52.6 Å². The minimum absolute atomic E-state index is 0.579. The highest BCUT2D eigenvalue weighted by atomic mass is 16.6. The normalized spacial score (nSPS) is 19.4. The number of hydrogen-bond acceptors (Lipinski definition) is 5. The zero-order valence-corrected chi connectivity index (χ0v) is 23.5. The van der Waals surface area contributed by atoms with Crippen molar-refractivity contribution in [1.29, 1.82) is 0 Å². The summed E-state index contributed by atoms with van der Waals surface area (Å²) in [6.45, 7) is 6.32. The first-order valence-corrected chi connectivity index (χ1v) is 14.3. The van der Waals surface area contributed by atoms with Gasteiger partial charge < -0.3 is 23.7 Å². The third-order valence-electron chi connectivity index (χ3n) is 6.79. The molecule has 0 saturated carbocycles. The zero-order valence-electron chi connectivity index (χ0n) is 23.5. The van der Waals surface area contributed by atoms with Crippen molar-refractivity contribution in [3.8, 4) is 0 Å². The maximum Gasteiger partial charge on any atom is 0.200 e. The maximum absolute atomic E-state index is 6.32. The van der Waals surface area contributed by atoms with E-state index < -0.39 is 0 Å². The standard InChI is InChI=1S/C35H38NO5/c1-3-7-31(8-4-1)34-27-30(28-35(41-34)32-9-5-2-6-10-32)12-11-29-13-15-33(16-14-29)36-17-19-37-21-23-39-25-26-40-24-22-38-20-18-36/h1-16,27-28H,17-26H2/q+1. The van der Waals surface area contributed by atoms with Crippen LogP contribution in [0, 0.1) is 0 Å². The third kappa shape index (κ3) is 9.10. The summed E-state index contributed by atoms with van der Waals surface area (Å²) < 4.78 is 31.3. The monoisotopic (exact) mass is 552 g/mol. The van der Waals surface area contributed by atoms with Crippen molar-refractivity contribution in [2.75, 3.05) is 65.9 Å². The fraction of sp³-hybridized carbons (Fsp3) is 0.286. The summed E-state index contributed by atoms with van der Waals surface area (Å²) in [5.41, 5.74) is 5.43. The van der Waals surface area contributed by atoms with Gasteiger partial charge >= 0.3 is 0 Å². The molecule has 0 atom stereocenters. The quantitative estimate of drug-likeness (QED) is 0.464. The first kappa shape index (κ1) is 28.7. The van der Waals surface area contributed by atoms with E-state index in [-0.39, 0.29) is 0 Å². The Bertz CT molecular complexity index is 1260. The molecule has 6 heteroatoms. The SMILES string of the molecule is C1=CC(=[N+]2CCOCCOCCOCCOCC2)C=CC1=CC=C1C=C(c2ccccc2)OC(c2ccccc2)=C1. The van der Waals surface area contributed by atoms with Crippen LogP contribution in [0.25, 0.3) is 11.5 Å². The molecule has 2 aromatic carbocycles. The molecule has 0 radical (unpaired) electrons. The molecule has 212 valence electrons. The van der Waals surface area contributed by atoms with Crippen LogP contribution in [0.15, 0.2) is 120 Å². The van der Waals surface area contributed by atoms with Gasteiger partial charge in [0.2, 0.25) is 0 Å². The molecule has 3 aliphatic rings. The van der Waals surface area contributed by atoms with Gasteiger partial charge in [0.05, 0.1) is 39.6 Å². The molecule has 2 aliphatic heterocycles. The summed E-state index contributed by atoms with van der Waals surface area (Å²) in [6.07, 6.45) is 17.1. The van der Waals surface area contributed by atoms with Crippen LogP contribution in [-0.4, -0.2) is 76.2 Å². The van der Waals surface area contributed by atoms with E-state index >= 15 is 0 Å². The fourth-order valence-electron chi connectivity index (χ4n) is 4.58. The Labute approximate surface area is 242 Å². The molecular formula is C35H38NO5+. The second-order valence-corrected chi connectivity index (χ2v) is 9.71. The summed E-state index contributed by atoms with van der Waals surface area (Å²) >= 11 is 0. The van der Waals surface area contributed by atoms with E-state index in [0.29, 0.717) is 52.9 Å². The topological polar surface area (TPSA) is 49.2 Å². The van der Waals surface area contributed by atoms with Gasteiger partial charge in [0.25, 0.3) is 0 Å². The minimum atomic E-state index is 0.579. The van der Waals surface area contributed by atoms with Gasteiger partial charge in [-0.1, -0.05) is 72.8 Å². The predicted molar refractivity (Wildman–Crippen MR) is 163 cm³/mol. The molecule has 2 heterocycles. The molecule has 0 bridgehead atoms. The lowest BCUT2D eigenvalue weighted by Crippen LogP contribution is -2.28. The third-order valence-corrected chi connectivity index (χ3v) is 6.79. The largest absolute Gasteiger partial charge is 0.456 e. The van der Waals surface area contributed by atoms with Gasteiger partial charge in [-0.25, -0.2) is 4.58 Å². The van der Waals surface area contributed by atoms with E-state index in [1.165, 1.54) is 0 Å². The molecule has 5 rings (SSSR count). The molecule has 6 nitrogen and oxygen atoms in total. The molecule has 0 aromatic heterocycles. The number of hydrogen-bond donors (Lipinski definition) is 0. The highest BCUT2D eigenvalue weighted by molar-refractivity contribution is 6.02. The summed E-state index contributed by atoms with van der Waals surface area (Å²) in [7, 11) is 0. The van der Waals surface area contributed by atoms with Crippen molar-refractivity contribution < 1.29 is 28.3 Å². The Morgan fingerprint density at radius 2 is 0.927 bits per heavy atom. The number of benzene rings is 2. The molecule has 0 unspecified atom stereocenters. The highest BCUT2D eigenvalue weighted by Gasteiger charge is 2.15. The Hall–Kier alpha value is -3.81. The smallest absolute Gasteiger partial charge is 0.200 e. The predicted octanol–water partition coefficient (Wildman–Crippen LogP) is 5.61. The molecule has 1 fully saturated rings. The van der Waals surface area contributed by atoms with Gasteiger partial charge in [0, 0.05) is 23.3 Å². The highest BCUT2D eigenvalue weighted by Crippen LogP contribution is 2.32. The Kier molecular flexibility index (Phi) is 11.1. The van der Waals surface area contributed by atoms with Gasteiger partial charge in [-0.2, -0.15) is 0 Å².